The van der Waals surface area contributed by atoms with Crippen LogP contribution in [0.2, 0.25) is 0 Å². The third-order valence-corrected chi connectivity index (χ3v) is 10.9. The standard InChI is InChI=1S/C23H34N4O6S2/c1-33-23(30)25-14-21(29)26-19-12-16(28)11-15(19)7-8-20-18-13-24-9-10-27(22(18)34-20)35(31,32)17-5-3-2-4-6-17/h2-6,15-16,18-20,22,24,28H,7-14H2,1H3,(H,25,30)(H,26,29)/t15?,16?,18?,19?,20-,22?/m0/s1. The van der Waals surface area contributed by atoms with E-state index in [4.69, 9.17) is 0 Å². The maximum atomic E-state index is 13.3. The molecule has 5 unspecified atom stereocenters. The highest BCUT2D eigenvalue weighted by atomic mass is 32.2. The molecule has 2 heterocycles. The van der Waals surface area contributed by atoms with Crippen molar-refractivity contribution in [2.24, 2.45) is 11.8 Å². The average molecular weight is 527 g/mol. The Labute approximate surface area is 210 Å². The molecule has 10 nitrogen and oxygen atoms in total. The third kappa shape index (κ3) is 6.11. The summed E-state index contributed by atoms with van der Waals surface area (Å²) in [4.78, 5) is 23.7. The van der Waals surface area contributed by atoms with E-state index in [1.807, 2.05) is 6.07 Å². The number of thioether (sulfide) groups is 1. The largest absolute Gasteiger partial charge is 0.453 e. The Bertz CT molecular complexity index is 995. The lowest BCUT2D eigenvalue weighted by atomic mass is 9.92. The Morgan fingerprint density at radius 3 is 2.74 bits per heavy atom. The SMILES string of the molecule is COC(=O)NCC(=O)NC1CC(O)CC1CC[C@@H]1SC2C1CNCCN2S(=O)(=O)c1ccccc1. The number of carbonyl (C=O) groups excluding carboxylic acids is 2. The highest BCUT2D eigenvalue weighted by Gasteiger charge is 2.49. The van der Waals surface area contributed by atoms with Gasteiger partial charge in [0.15, 0.2) is 0 Å². The van der Waals surface area contributed by atoms with Gasteiger partial charge >= 0.3 is 6.09 Å². The van der Waals surface area contributed by atoms with Gasteiger partial charge in [-0.25, -0.2) is 13.2 Å². The van der Waals surface area contributed by atoms with E-state index in [0.29, 0.717) is 36.1 Å². The molecule has 4 N–H and O–H groups in total. The molecule has 35 heavy (non-hydrogen) atoms. The number of amides is 2. The number of rotatable bonds is 8. The number of hydrogen-bond donors (Lipinski definition) is 4. The van der Waals surface area contributed by atoms with E-state index in [9.17, 15) is 23.1 Å². The number of carbonyl (C=O) groups is 2. The van der Waals surface area contributed by atoms with Gasteiger partial charge in [-0.15, -0.1) is 11.8 Å². The molecule has 0 spiro atoms. The van der Waals surface area contributed by atoms with Gasteiger partial charge in [0, 0.05) is 36.8 Å². The Balaban J connectivity index is 1.32. The summed E-state index contributed by atoms with van der Waals surface area (Å²) in [5.41, 5.74) is 0. The second-order valence-electron chi connectivity index (χ2n) is 9.34. The zero-order chi connectivity index (χ0) is 25.0. The molecule has 2 amide bonds. The molecular formula is C23H34N4O6S2. The minimum atomic E-state index is -3.56. The summed E-state index contributed by atoms with van der Waals surface area (Å²) in [7, 11) is -2.32. The molecule has 0 aromatic heterocycles. The second-order valence-corrected chi connectivity index (χ2v) is 12.6. The number of nitrogens with zero attached hydrogens (tertiary/aromatic N) is 1. The number of hydrogen-bond acceptors (Lipinski definition) is 8. The van der Waals surface area contributed by atoms with Crippen LogP contribution in [-0.4, -0.2) is 85.9 Å². The lowest BCUT2D eigenvalue weighted by Gasteiger charge is -2.47. The van der Waals surface area contributed by atoms with E-state index in [1.54, 1.807) is 40.3 Å². The second kappa shape index (κ2) is 11.5. The Hall–Kier alpha value is -1.86. The maximum absolute atomic E-state index is 13.3. The number of fused-ring (bicyclic) bond motifs is 1. The van der Waals surface area contributed by atoms with Gasteiger partial charge in [-0.2, -0.15) is 4.31 Å². The summed E-state index contributed by atoms with van der Waals surface area (Å²) in [5.74, 6) is 0.0338. The van der Waals surface area contributed by atoms with Gasteiger partial charge in [0.1, 0.15) is 6.54 Å². The quantitative estimate of drug-likeness (QED) is 0.389. The minimum absolute atomic E-state index is 0.0886. The minimum Gasteiger partial charge on any atom is -0.453 e. The smallest absolute Gasteiger partial charge is 0.407 e. The molecule has 1 saturated carbocycles. The van der Waals surface area contributed by atoms with Crippen molar-refractivity contribution in [2.45, 2.75) is 53.3 Å². The van der Waals surface area contributed by atoms with Crippen LogP contribution in [0.5, 0.6) is 0 Å². The van der Waals surface area contributed by atoms with Gasteiger partial charge < -0.3 is 25.8 Å². The maximum Gasteiger partial charge on any atom is 0.407 e. The van der Waals surface area contributed by atoms with E-state index in [2.05, 4.69) is 20.7 Å². The predicted octanol–water partition coefficient (Wildman–Crippen LogP) is 0.730. The van der Waals surface area contributed by atoms with E-state index < -0.39 is 22.2 Å². The van der Waals surface area contributed by atoms with Crippen molar-refractivity contribution < 1.29 is 27.9 Å². The molecule has 4 rings (SSSR count). The highest BCUT2D eigenvalue weighted by molar-refractivity contribution is 8.02. The Kier molecular flexibility index (Phi) is 8.59. The topological polar surface area (TPSA) is 137 Å². The van der Waals surface area contributed by atoms with E-state index in [1.165, 1.54) is 7.11 Å². The number of aliphatic hydroxyl groups is 1. The van der Waals surface area contributed by atoms with Crippen molar-refractivity contribution in [1.29, 1.82) is 0 Å². The molecule has 2 saturated heterocycles. The molecule has 0 bridgehead atoms. The highest BCUT2D eigenvalue weighted by Crippen LogP contribution is 2.49. The van der Waals surface area contributed by atoms with Crippen LogP contribution in [0.25, 0.3) is 0 Å². The van der Waals surface area contributed by atoms with E-state index >= 15 is 0 Å². The van der Waals surface area contributed by atoms with Crippen LogP contribution in [0.3, 0.4) is 0 Å². The van der Waals surface area contributed by atoms with Crippen molar-refractivity contribution >= 4 is 33.8 Å². The Morgan fingerprint density at radius 1 is 1.23 bits per heavy atom. The third-order valence-electron chi connectivity index (χ3n) is 7.10. The summed E-state index contributed by atoms with van der Waals surface area (Å²) in [6.07, 6.45) is 1.69. The van der Waals surface area contributed by atoms with E-state index in [0.717, 1.165) is 19.4 Å². The predicted molar refractivity (Wildman–Crippen MR) is 132 cm³/mol. The van der Waals surface area contributed by atoms with Crippen LogP contribution in [0.4, 0.5) is 4.79 Å². The number of methoxy groups -OCH3 is 1. The van der Waals surface area contributed by atoms with Crippen LogP contribution in [0.1, 0.15) is 25.7 Å². The number of ether oxygens (including phenoxy) is 1. The molecule has 1 aromatic carbocycles. The average Bonchev–Trinajstić information content (AvgIpc) is 3.08. The first-order valence-corrected chi connectivity index (χ1v) is 14.4. The van der Waals surface area contributed by atoms with Gasteiger partial charge in [0.05, 0.1) is 23.5 Å². The molecule has 3 fully saturated rings. The summed E-state index contributed by atoms with van der Waals surface area (Å²) in [5, 5.41) is 19.1. The molecule has 194 valence electrons. The number of nitrogens with one attached hydrogen (secondary N) is 3. The Morgan fingerprint density at radius 2 is 2.00 bits per heavy atom. The molecule has 1 aliphatic carbocycles. The molecular weight excluding hydrogens is 492 g/mol. The zero-order valence-electron chi connectivity index (χ0n) is 19.8. The molecule has 3 aliphatic rings. The van der Waals surface area contributed by atoms with Crippen LogP contribution in [0, 0.1) is 11.8 Å². The summed E-state index contributed by atoms with van der Waals surface area (Å²) in [6, 6.07) is 8.43. The van der Waals surface area contributed by atoms with Crippen LogP contribution in [0.15, 0.2) is 35.2 Å². The first kappa shape index (κ1) is 26.2. The fourth-order valence-electron chi connectivity index (χ4n) is 5.29. The van der Waals surface area contributed by atoms with Crippen molar-refractivity contribution in [3.05, 3.63) is 30.3 Å². The normalized spacial score (nSPS) is 31.0. The van der Waals surface area contributed by atoms with Gasteiger partial charge in [-0.3, -0.25) is 4.79 Å². The number of alkyl carbamates (subject to hydrolysis) is 1. The van der Waals surface area contributed by atoms with Gasteiger partial charge in [0.2, 0.25) is 15.9 Å². The lowest BCUT2D eigenvalue weighted by Crippen LogP contribution is -2.53. The molecule has 2 aliphatic heterocycles. The van der Waals surface area contributed by atoms with Crippen molar-refractivity contribution in [3.63, 3.8) is 0 Å². The fraction of sp³-hybridized carbons (Fsp3) is 0.652. The first-order chi connectivity index (χ1) is 16.8. The van der Waals surface area contributed by atoms with Crippen LogP contribution >= 0.6 is 11.8 Å². The van der Waals surface area contributed by atoms with Crippen molar-refractivity contribution in [3.8, 4) is 0 Å². The van der Waals surface area contributed by atoms with E-state index in [-0.39, 0.29) is 35.7 Å². The number of benzene rings is 1. The van der Waals surface area contributed by atoms with Gasteiger partial charge in [-0.05, 0) is 43.7 Å². The van der Waals surface area contributed by atoms with Crippen LogP contribution in [-0.2, 0) is 19.6 Å². The monoisotopic (exact) mass is 526 g/mol. The zero-order valence-corrected chi connectivity index (χ0v) is 21.4. The fourth-order valence-corrected chi connectivity index (χ4v) is 8.85. The lowest BCUT2D eigenvalue weighted by molar-refractivity contribution is -0.121. The van der Waals surface area contributed by atoms with Crippen molar-refractivity contribution in [1.82, 2.24) is 20.3 Å². The van der Waals surface area contributed by atoms with Crippen molar-refractivity contribution in [2.75, 3.05) is 33.3 Å². The van der Waals surface area contributed by atoms with Gasteiger partial charge in [0.25, 0.3) is 0 Å². The number of sulfonamides is 1. The van der Waals surface area contributed by atoms with Gasteiger partial charge in [-0.1, -0.05) is 18.2 Å². The summed E-state index contributed by atoms with van der Waals surface area (Å²) < 4.78 is 32.7. The first-order valence-electron chi connectivity index (χ1n) is 12.0. The number of aliphatic hydroxyl groups excluding tert-OH is 1. The molecule has 12 heteroatoms. The molecule has 0 radical (unpaired) electrons. The summed E-state index contributed by atoms with van der Waals surface area (Å²) >= 11 is 1.71. The summed E-state index contributed by atoms with van der Waals surface area (Å²) in [6.45, 7) is 1.66. The molecule has 6 atom stereocenters. The van der Waals surface area contributed by atoms with Crippen LogP contribution < -0.4 is 16.0 Å². The molecule has 1 aromatic rings.